The highest BCUT2D eigenvalue weighted by Gasteiger charge is 2.26. The summed E-state index contributed by atoms with van der Waals surface area (Å²) >= 11 is 0. The van der Waals surface area contributed by atoms with Crippen LogP contribution in [-0.2, 0) is 6.54 Å². The molecule has 1 fully saturated rings. The Bertz CT molecular complexity index is 470. The fourth-order valence-corrected chi connectivity index (χ4v) is 1.68. The zero-order chi connectivity index (χ0) is 9.54. The van der Waals surface area contributed by atoms with E-state index in [1.165, 1.54) is 12.8 Å². The molecule has 0 atom stereocenters. The largest absolute Gasteiger partial charge is 0.326 e. The summed E-state index contributed by atoms with van der Waals surface area (Å²) in [5, 5.41) is 5.44. The number of pyridine rings is 1. The van der Waals surface area contributed by atoms with Crippen molar-refractivity contribution in [3.05, 3.63) is 24.0 Å². The van der Waals surface area contributed by atoms with Gasteiger partial charge >= 0.3 is 0 Å². The number of fused-ring (bicyclic) bond motifs is 1. The van der Waals surface area contributed by atoms with Crippen LogP contribution >= 0.6 is 0 Å². The molecule has 0 saturated heterocycles. The molecule has 0 amide bonds. The summed E-state index contributed by atoms with van der Waals surface area (Å²) in [4.78, 5) is 4.39. The van der Waals surface area contributed by atoms with Gasteiger partial charge in [0.2, 0.25) is 0 Å². The standard InChI is InChI=1S/C10H12N4/c11-4-7-3-8-6-13-14(9-1-2-9)10(8)12-5-7/h3,5-6,9H,1-2,4,11H2. The second-order valence-corrected chi connectivity index (χ2v) is 3.78. The summed E-state index contributed by atoms with van der Waals surface area (Å²) in [5.74, 6) is 0. The minimum absolute atomic E-state index is 0.539. The van der Waals surface area contributed by atoms with E-state index in [1.54, 1.807) is 0 Å². The van der Waals surface area contributed by atoms with E-state index in [2.05, 4.69) is 16.1 Å². The normalized spacial score (nSPS) is 16.4. The van der Waals surface area contributed by atoms with E-state index in [1.807, 2.05) is 17.1 Å². The third-order valence-corrected chi connectivity index (χ3v) is 2.62. The minimum Gasteiger partial charge on any atom is -0.326 e. The molecule has 0 radical (unpaired) electrons. The van der Waals surface area contributed by atoms with Gasteiger partial charge in [-0.25, -0.2) is 9.67 Å². The molecule has 14 heavy (non-hydrogen) atoms. The third-order valence-electron chi connectivity index (χ3n) is 2.62. The average molecular weight is 188 g/mol. The van der Waals surface area contributed by atoms with Gasteiger partial charge in [0.15, 0.2) is 5.65 Å². The lowest BCUT2D eigenvalue weighted by molar-refractivity contribution is 0.658. The quantitative estimate of drug-likeness (QED) is 0.771. The third kappa shape index (κ3) is 1.11. The van der Waals surface area contributed by atoms with Crippen molar-refractivity contribution in [2.75, 3.05) is 0 Å². The van der Waals surface area contributed by atoms with Gasteiger partial charge in [0.1, 0.15) is 0 Å². The molecule has 0 aromatic carbocycles. The maximum atomic E-state index is 5.55. The van der Waals surface area contributed by atoms with Crippen LogP contribution in [0.1, 0.15) is 24.4 Å². The van der Waals surface area contributed by atoms with Crippen LogP contribution < -0.4 is 5.73 Å². The zero-order valence-electron chi connectivity index (χ0n) is 7.85. The van der Waals surface area contributed by atoms with Gasteiger partial charge in [-0.15, -0.1) is 0 Å². The Balaban J connectivity index is 2.17. The summed E-state index contributed by atoms with van der Waals surface area (Å²) < 4.78 is 2.02. The van der Waals surface area contributed by atoms with Crippen molar-refractivity contribution in [3.63, 3.8) is 0 Å². The molecule has 0 aliphatic heterocycles. The molecule has 1 aliphatic rings. The van der Waals surface area contributed by atoms with Crippen LogP contribution in [0.2, 0.25) is 0 Å². The van der Waals surface area contributed by atoms with Crippen molar-refractivity contribution in [2.24, 2.45) is 5.73 Å². The first-order chi connectivity index (χ1) is 6.88. The van der Waals surface area contributed by atoms with Gasteiger partial charge in [-0.3, -0.25) is 0 Å². The first-order valence-corrected chi connectivity index (χ1v) is 4.90. The fourth-order valence-electron chi connectivity index (χ4n) is 1.68. The number of rotatable bonds is 2. The molecule has 1 aliphatic carbocycles. The van der Waals surface area contributed by atoms with Gasteiger partial charge < -0.3 is 5.73 Å². The summed E-state index contributed by atoms with van der Waals surface area (Å²) in [6.45, 7) is 0.539. The molecule has 0 spiro atoms. The van der Waals surface area contributed by atoms with Crippen molar-refractivity contribution in [1.82, 2.24) is 14.8 Å². The van der Waals surface area contributed by atoms with E-state index in [-0.39, 0.29) is 0 Å². The topological polar surface area (TPSA) is 56.7 Å². The van der Waals surface area contributed by atoms with E-state index in [0.29, 0.717) is 12.6 Å². The van der Waals surface area contributed by atoms with E-state index in [0.717, 1.165) is 16.6 Å². The molecule has 2 N–H and O–H groups in total. The van der Waals surface area contributed by atoms with Crippen LogP contribution in [0.3, 0.4) is 0 Å². The van der Waals surface area contributed by atoms with Gasteiger partial charge in [-0.2, -0.15) is 5.10 Å². The average Bonchev–Trinajstić information content (AvgIpc) is 2.98. The molecule has 0 unspecified atom stereocenters. The van der Waals surface area contributed by atoms with Crippen LogP contribution in [0.5, 0.6) is 0 Å². The molecule has 0 bridgehead atoms. The Morgan fingerprint density at radius 3 is 3.00 bits per heavy atom. The monoisotopic (exact) mass is 188 g/mol. The summed E-state index contributed by atoms with van der Waals surface area (Å²) in [5.41, 5.74) is 7.61. The highest BCUT2D eigenvalue weighted by Crippen LogP contribution is 2.35. The smallest absolute Gasteiger partial charge is 0.157 e. The van der Waals surface area contributed by atoms with E-state index in [9.17, 15) is 0 Å². The van der Waals surface area contributed by atoms with Crippen molar-refractivity contribution in [1.29, 1.82) is 0 Å². The van der Waals surface area contributed by atoms with Crippen molar-refractivity contribution < 1.29 is 0 Å². The van der Waals surface area contributed by atoms with E-state index >= 15 is 0 Å². The first-order valence-electron chi connectivity index (χ1n) is 4.90. The van der Waals surface area contributed by atoms with Crippen LogP contribution in [-0.4, -0.2) is 14.8 Å². The SMILES string of the molecule is NCc1cnc2c(cnn2C2CC2)c1. The number of aromatic nitrogens is 3. The molecular weight excluding hydrogens is 176 g/mol. The molecule has 2 heterocycles. The molecule has 4 nitrogen and oxygen atoms in total. The summed E-state index contributed by atoms with van der Waals surface area (Å²) in [6.07, 6.45) is 6.18. The lowest BCUT2D eigenvalue weighted by atomic mass is 10.2. The summed E-state index contributed by atoms with van der Waals surface area (Å²) in [7, 11) is 0. The molecule has 2 aromatic heterocycles. The number of hydrogen-bond donors (Lipinski definition) is 1. The zero-order valence-corrected chi connectivity index (χ0v) is 7.85. The fraction of sp³-hybridized carbons (Fsp3) is 0.400. The minimum atomic E-state index is 0.539. The van der Waals surface area contributed by atoms with Crippen LogP contribution in [0.4, 0.5) is 0 Å². The predicted molar refractivity (Wildman–Crippen MR) is 53.7 cm³/mol. The Morgan fingerprint density at radius 1 is 1.43 bits per heavy atom. The van der Waals surface area contributed by atoms with E-state index in [4.69, 9.17) is 5.73 Å². The summed E-state index contributed by atoms with van der Waals surface area (Å²) in [6, 6.07) is 2.65. The predicted octanol–water partition coefficient (Wildman–Crippen LogP) is 1.22. The Kier molecular flexibility index (Phi) is 1.58. The van der Waals surface area contributed by atoms with Crippen molar-refractivity contribution in [2.45, 2.75) is 25.4 Å². The van der Waals surface area contributed by atoms with Gasteiger partial charge in [0, 0.05) is 18.1 Å². The van der Waals surface area contributed by atoms with Gasteiger partial charge in [-0.05, 0) is 24.5 Å². The molecular formula is C10H12N4. The molecule has 4 heteroatoms. The highest BCUT2D eigenvalue weighted by molar-refractivity contribution is 5.75. The maximum Gasteiger partial charge on any atom is 0.157 e. The van der Waals surface area contributed by atoms with Crippen LogP contribution in [0.15, 0.2) is 18.5 Å². The second-order valence-electron chi connectivity index (χ2n) is 3.78. The Hall–Kier alpha value is -1.42. The number of hydrogen-bond acceptors (Lipinski definition) is 3. The number of nitrogens with two attached hydrogens (primary N) is 1. The Labute approximate surface area is 81.7 Å². The Morgan fingerprint density at radius 2 is 2.29 bits per heavy atom. The first kappa shape index (κ1) is 7.94. The molecule has 2 aromatic rings. The highest BCUT2D eigenvalue weighted by atomic mass is 15.3. The molecule has 3 rings (SSSR count). The van der Waals surface area contributed by atoms with Crippen molar-refractivity contribution in [3.8, 4) is 0 Å². The molecule has 1 saturated carbocycles. The van der Waals surface area contributed by atoms with Gasteiger partial charge in [-0.1, -0.05) is 0 Å². The van der Waals surface area contributed by atoms with Gasteiger partial charge in [0.25, 0.3) is 0 Å². The number of nitrogens with zero attached hydrogens (tertiary/aromatic N) is 3. The lowest BCUT2D eigenvalue weighted by Gasteiger charge is -1.99. The molecule has 72 valence electrons. The van der Waals surface area contributed by atoms with Gasteiger partial charge in [0.05, 0.1) is 12.2 Å². The van der Waals surface area contributed by atoms with Crippen LogP contribution in [0, 0.1) is 0 Å². The maximum absolute atomic E-state index is 5.55. The van der Waals surface area contributed by atoms with Crippen LogP contribution in [0.25, 0.3) is 11.0 Å². The van der Waals surface area contributed by atoms with Crippen molar-refractivity contribution >= 4 is 11.0 Å². The van der Waals surface area contributed by atoms with E-state index < -0.39 is 0 Å². The lowest BCUT2D eigenvalue weighted by Crippen LogP contribution is -1.99. The second kappa shape index (κ2) is 2.78.